The second kappa shape index (κ2) is 8.81. The van der Waals surface area contributed by atoms with Crippen molar-refractivity contribution < 1.29 is 4.79 Å². The molecule has 6 nitrogen and oxygen atoms in total. The van der Waals surface area contributed by atoms with Crippen LogP contribution in [0.1, 0.15) is 13.8 Å². The van der Waals surface area contributed by atoms with Gasteiger partial charge >= 0.3 is 0 Å². The van der Waals surface area contributed by atoms with E-state index >= 15 is 0 Å². The molecule has 30 heavy (non-hydrogen) atoms. The van der Waals surface area contributed by atoms with Gasteiger partial charge in [0.25, 0.3) is 5.56 Å². The Morgan fingerprint density at radius 2 is 1.90 bits per heavy atom. The van der Waals surface area contributed by atoms with Crippen LogP contribution in [-0.4, -0.2) is 28.5 Å². The Bertz CT molecular complexity index is 1210. The Hall–Kier alpha value is -2.97. The van der Waals surface area contributed by atoms with Crippen LogP contribution >= 0.6 is 22.7 Å². The Labute approximate surface area is 182 Å². The number of nitrogens with one attached hydrogen (secondary N) is 1. The summed E-state index contributed by atoms with van der Waals surface area (Å²) in [6.45, 7) is 5.99. The van der Waals surface area contributed by atoms with Gasteiger partial charge in [-0.15, -0.1) is 22.7 Å². The molecule has 0 fully saturated rings. The number of aromatic nitrogens is 2. The van der Waals surface area contributed by atoms with E-state index in [9.17, 15) is 9.59 Å². The van der Waals surface area contributed by atoms with Crippen LogP contribution in [0.15, 0.2) is 58.3 Å². The molecule has 0 unspecified atom stereocenters. The Kier molecular flexibility index (Phi) is 5.96. The van der Waals surface area contributed by atoms with E-state index in [0.717, 1.165) is 29.2 Å². The first-order valence-electron chi connectivity index (χ1n) is 9.76. The van der Waals surface area contributed by atoms with Crippen molar-refractivity contribution in [2.75, 3.05) is 23.3 Å². The minimum atomic E-state index is -0.262. The van der Waals surface area contributed by atoms with Crippen LogP contribution in [0.3, 0.4) is 0 Å². The van der Waals surface area contributed by atoms with E-state index in [2.05, 4.69) is 29.0 Å². The van der Waals surface area contributed by atoms with Crippen molar-refractivity contribution in [3.63, 3.8) is 0 Å². The highest BCUT2D eigenvalue weighted by atomic mass is 32.1. The number of carbonyl (C=O) groups is 1. The number of hydrogen-bond donors (Lipinski definition) is 1. The van der Waals surface area contributed by atoms with Crippen molar-refractivity contribution in [3.8, 4) is 10.4 Å². The molecule has 0 aliphatic heterocycles. The van der Waals surface area contributed by atoms with Gasteiger partial charge in [-0.25, -0.2) is 4.98 Å². The summed E-state index contributed by atoms with van der Waals surface area (Å²) in [5.74, 6) is -0.262. The Morgan fingerprint density at radius 1 is 1.13 bits per heavy atom. The highest BCUT2D eigenvalue weighted by Crippen LogP contribution is 2.33. The molecule has 0 saturated carbocycles. The monoisotopic (exact) mass is 438 g/mol. The van der Waals surface area contributed by atoms with Gasteiger partial charge in [-0.3, -0.25) is 14.2 Å². The van der Waals surface area contributed by atoms with Crippen LogP contribution in [0.5, 0.6) is 0 Å². The molecule has 1 amide bonds. The Morgan fingerprint density at radius 3 is 2.57 bits per heavy atom. The van der Waals surface area contributed by atoms with Crippen molar-refractivity contribution in [3.05, 3.63) is 63.8 Å². The second-order valence-corrected chi connectivity index (χ2v) is 8.56. The molecule has 4 aromatic rings. The van der Waals surface area contributed by atoms with Gasteiger partial charge in [-0.1, -0.05) is 6.07 Å². The zero-order chi connectivity index (χ0) is 21.1. The van der Waals surface area contributed by atoms with Crippen molar-refractivity contribution in [2.45, 2.75) is 20.4 Å². The summed E-state index contributed by atoms with van der Waals surface area (Å²) in [5, 5.41) is 7.36. The van der Waals surface area contributed by atoms with Crippen LogP contribution in [-0.2, 0) is 11.3 Å². The molecule has 1 aromatic carbocycles. The van der Waals surface area contributed by atoms with Gasteiger partial charge in [0.15, 0.2) is 0 Å². The maximum atomic E-state index is 13.0. The van der Waals surface area contributed by atoms with E-state index in [1.165, 1.54) is 22.2 Å². The quantitative estimate of drug-likeness (QED) is 0.455. The number of thiophene rings is 2. The third-order valence-electron chi connectivity index (χ3n) is 4.94. The maximum absolute atomic E-state index is 13.0. The maximum Gasteiger partial charge on any atom is 0.263 e. The molecule has 1 N–H and O–H groups in total. The van der Waals surface area contributed by atoms with Gasteiger partial charge < -0.3 is 10.2 Å². The number of nitrogens with zero attached hydrogens (tertiary/aromatic N) is 3. The SMILES string of the molecule is CCN(CC)c1ccc(NC(=O)Cn2cnc3scc(-c4cccs4)c3c2=O)cc1. The van der Waals surface area contributed by atoms with Gasteiger partial charge in [-0.05, 0) is 49.6 Å². The molecule has 0 bridgehead atoms. The molecule has 0 spiro atoms. The van der Waals surface area contributed by atoms with E-state index in [4.69, 9.17) is 0 Å². The predicted molar refractivity (Wildman–Crippen MR) is 126 cm³/mol. The van der Waals surface area contributed by atoms with Crippen LogP contribution in [0.2, 0.25) is 0 Å². The third kappa shape index (κ3) is 4.01. The first-order valence-corrected chi connectivity index (χ1v) is 11.5. The number of anilines is 2. The molecular formula is C22H22N4O2S2. The number of hydrogen-bond acceptors (Lipinski definition) is 6. The molecule has 0 aliphatic carbocycles. The standard InChI is InChI=1S/C22H22N4O2S2/c1-3-25(4-2)16-9-7-15(8-10-16)24-19(27)12-26-14-23-21-20(22(26)28)17(13-30-21)18-6-5-11-29-18/h5-11,13-14H,3-4,12H2,1-2H3,(H,24,27). The van der Waals surface area contributed by atoms with Crippen molar-refractivity contribution in [1.82, 2.24) is 9.55 Å². The fraction of sp³-hybridized carbons (Fsp3) is 0.227. The highest BCUT2D eigenvalue weighted by Gasteiger charge is 2.15. The van der Waals surface area contributed by atoms with Gasteiger partial charge in [0.05, 0.1) is 11.7 Å². The normalized spacial score (nSPS) is 11.0. The zero-order valence-electron chi connectivity index (χ0n) is 16.8. The molecule has 0 saturated heterocycles. The summed E-state index contributed by atoms with van der Waals surface area (Å²) in [5.41, 5.74) is 2.50. The number of amides is 1. The van der Waals surface area contributed by atoms with E-state index in [0.29, 0.717) is 15.9 Å². The lowest BCUT2D eigenvalue weighted by Crippen LogP contribution is -2.27. The van der Waals surface area contributed by atoms with Crippen LogP contribution < -0.4 is 15.8 Å². The summed E-state index contributed by atoms with van der Waals surface area (Å²) >= 11 is 3.02. The summed E-state index contributed by atoms with van der Waals surface area (Å²) in [6.07, 6.45) is 1.45. The largest absolute Gasteiger partial charge is 0.372 e. The molecule has 0 radical (unpaired) electrons. The second-order valence-electron chi connectivity index (χ2n) is 6.75. The third-order valence-corrected chi connectivity index (χ3v) is 6.73. The molecule has 4 rings (SSSR count). The molecule has 0 atom stereocenters. The average Bonchev–Trinajstić information content (AvgIpc) is 3.42. The topological polar surface area (TPSA) is 67.2 Å². The summed E-state index contributed by atoms with van der Waals surface area (Å²) in [6, 6.07) is 11.7. The first kappa shape index (κ1) is 20.3. The van der Waals surface area contributed by atoms with Crippen LogP contribution in [0.25, 0.3) is 20.7 Å². The van der Waals surface area contributed by atoms with Gasteiger partial charge in [-0.2, -0.15) is 0 Å². The summed E-state index contributed by atoms with van der Waals surface area (Å²) in [4.78, 5) is 33.9. The summed E-state index contributed by atoms with van der Waals surface area (Å²) in [7, 11) is 0. The van der Waals surface area contributed by atoms with Crippen molar-refractivity contribution in [2.24, 2.45) is 0 Å². The number of rotatable bonds is 7. The van der Waals surface area contributed by atoms with E-state index in [1.807, 2.05) is 47.2 Å². The molecular weight excluding hydrogens is 416 g/mol. The van der Waals surface area contributed by atoms with Gasteiger partial charge in [0, 0.05) is 40.3 Å². The van der Waals surface area contributed by atoms with Gasteiger partial charge in [0.2, 0.25) is 5.91 Å². The minimum absolute atomic E-state index is 0.0840. The predicted octanol–water partition coefficient (Wildman–Crippen LogP) is 4.67. The fourth-order valence-corrected chi connectivity index (χ4v) is 5.11. The fourth-order valence-electron chi connectivity index (χ4n) is 3.39. The summed E-state index contributed by atoms with van der Waals surface area (Å²) < 4.78 is 1.37. The first-order chi connectivity index (χ1) is 14.6. The lowest BCUT2D eigenvalue weighted by atomic mass is 10.2. The van der Waals surface area contributed by atoms with E-state index < -0.39 is 0 Å². The average molecular weight is 439 g/mol. The van der Waals surface area contributed by atoms with E-state index in [1.54, 1.807) is 11.3 Å². The number of benzene rings is 1. The van der Waals surface area contributed by atoms with Crippen molar-refractivity contribution in [1.29, 1.82) is 0 Å². The van der Waals surface area contributed by atoms with Crippen LogP contribution in [0, 0.1) is 0 Å². The minimum Gasteiger partial charge on any atom is -0.372 e. The smallest absolute Gasteiger partial charge is 0.263 e. The molecule has 3 heterocycles. The molecule has 0 aliphatic rings. The lowest BCUT2D eigenvalue weighted by Gasteiger charge is -2.21. The van der Waals surface area contributed by atoms with E-state index in [-0.39, 0.29) is 18.0 Å². The number of carbonyl (C=O) groups excluding carboxylic acids is 1. The van der Waals surface area contributed by atoms with Crippen LogP contribution in [0.4, 0.5) is 11.4 Å². The molecule has 8 heteroatoms. The molecule has 3 aromatic heterocycles. The molecule has 154 valence electrons. The Balaban J connectivity index is 1.53. The van der Waals surface area contributed by atoms with Crippen molar-refractivity contribution >= 4 is 50.2 Å². The van der Waals surface area contributed by atoms with Gasteiger partial charge in [0.1, 0.15) is 11.4 Å². The number of fused-ring (bicyclic) bond motifs is 1. The lowest BCUT2D eigenvalue weighted by molar-refractivity contribution is -0.116. The highest BCUT2D eigenvalue weighted by molar-refractivity contribution is 7.18. The zero-order valence-corrected chi connectivity index (χ0v) is 18.4.